The van der Waals surface area contributed by atoms with E-state index in [1.54, 1.807) is 0 Å². The van der Waals surface area contributed by atoms with Gasteiger partial charge in [0.2, 0.25) is 5.91 Å². The molecule has 0 spiro atoms. The minimum Gasteiger partial charge on any atom is -0.344 e. The summed E-state index contributed by atoms with van der Waals surface area (Å²) in [5.41, 5.74) is 0. The molecule has 0 bridgehead atoms. The minimum atomic E-state index is 0.107. The largest absolute Gasteiger partial charge is 0.344 e. The topological polar surface area (TPSA) is 32.3 Å². The average Bonchev–Trinajstić information content (AvgIpc) is 2.80. The Morgan fingerprint density at radius 1 is 1.40 bits per heavy atom. The standard InChI is InChI=1S/C12H22N2O/c1-3-9-4-5-10(8-9)13-11-6-7-14(2)12(11)15/h9-11,13H,3-8H2,1-2H3. The Kier molecular flexibility index (Phi) is 3.29. The molecule has 0 aromatic rings. The molecule has 15 heavy (non-hydrogen) atoms. The summed E-state index contributed by atoms with van der Waals surface area (Å²) >= 11 is 0. The zero-order chi connectivity index (χ0) is 10.8. The number of nitrogens with zero attached hydrogens (tertiary/aromatic N) is 1. The van der Waals surface area contributed by atoms with Gasteiger partial charge in [-0.15, -0.1) is 0 Å². The summed E-state index contributed by atoms with van der Waals surface area (Å²) < 4.78 is 0. The van der Waals surface area contributed by atoms with E-state index in [1.165, 1.54) is 25.7 Å². The first kappa shape index (κ1) is 10.9. The number of hydrogen-bond acceptors (Lipinski definition) is 2. The predicted molar refractivity (Wildman–Crippen MR) is 60.6 cm³/mol. The molecule has 3 unspecified atom stereocenters. The SMILES string of the molecule is CCC1CCC(NC2CCN(C)C2=O)C1. The van der Waals surface area contributed by atoms with Crippen LogP contribution in [-0.2, 0) is 4.79 Å². The van der Waals surface area contributed by atoms with Crippen LogP contribution >= 0.6 is 0 Å². The molecule has 3 heteroatoms. The second kappa shape index (κ2) is 4.52. The number of amides is 1. The first-order chi connectivity index (χ1) is 7.20. The number of likely N-dealkylation sites (N-methyl/N-ethyl adjacent to an activating group) is 1. The fourth-order valence-electron chi connectivity index (χ4n) is 2.86. The average molecular weight is 210 g/mol. The highest BCUT2D eigenvalue weighted by atomic mass is 16.2. The summed E-state index contributed by atoms with van der Waals surface area (Å²) in [6, 6.07) is 0.700. The Morgan fingerprint density at radius 2 is 2.20 bits per heavy atom. The summed E-state index contributed by atoms with van der Waals surface area (Å²) in [4.78, 5) is 13.5. The zero-order valence-corrected chi connectivity index (χ0v) is 9.83. The molecule has 1 aliphatic heterocycles. The lowest BCUT2D eigenvalue weighted by Crippen LogP contribution is -2.42. The van der Waals surface area contributed by atoms with E-state index in [1.807, 2.05) is 11.9 Å². The van der Waals surface area contributed by atoms with Gasteiger partial charge in [0, 0.05) is 19.6 Å². The highest BCUT2D eigenvalue weighted by Gasteiger charge is 2.32. The van der Waals surface area contributed by atoms with Gasteiger partial charge in [-0.2, -0.15) is 0 Å². The van der Waals surface area contributed by atoms with E-state index < -0.39 is 0 Å². The van der Waals surface area contributed by atoms with E-state index in [-0.39, 0.29) is 11.9 Å². The predicted octanol–water partition coefficient (Wildman–Crippen LogP) is 1.39. The van der Waals surface area contributed by atoms with Crippen LogP contribution in [-0.4, -0.2) is 36.5 Å². The number of rotatable bonds is 3. The molecule has 1 saturated heterocycles. The van der Waals surface area contributed by atoms with Gasteiger partial charge in [0.25, 0.3) is 0 Å². The van der Waals surface area contributed by atoms with Crippen molar-refractivity contribution in [1.29, 1.82) is 0 Å². The Balaban J connectivity index is 1.81. The van der Waals surface area contributed by atoms with E-state index >= 15 is 0 Å². The molecule has 2 rings (SSSR count). The quantitative estimate of drug-likeness (QED) is 0.763. The van der Waals surface area contributed by atoms with Crippen molar-refractivity contribution < 1.29 is 4.79 Å². The van der Waals surface area contributed by atoms with Crippen molar-refractivity contribution in [2.24, 2.45) is 5.92 Å². The van der Waals surface area contributed by atoms with Gasteiger partial charge in [0.15, 0.2) is 0 Å². The molecule has 3 nitrogen and oxygen atoms in total. The molecule has 1 heterocycles. The van der Waals surface area contributed by atoms with Crippen LogP contribution in [0.3, 0.4) is 0 Å². The highest BCUT2D eigenvalue weighted by molar-refractivity contribution is 5.83. The number of nitrogens with one attached hydrogen (secondary N) is 1. The van der Waals surface area contributed by atoms with Gasteiger partial charge >= 0.3 is 0 Å². The van der Waals surface area contributed by atoms with E-state index in [2.05, 4.69) is 12.2 Å². The van der Waals surface area contributed by atoms with Crippen molar-refractivity contribution in [3.05, 3.63) is 0 Å². The summed E-state index contributed by atoms with van der Waals surface area (Å²) in [6.07, 6.45) is 6.14. The van der Waals surface area contributed by atoms with Crippen LogP contribution in [0, 0.1) is 5.92 Å². The first-order valence-corrected chi connectivity index (χ1v) is 6.21. The first-order valence-electron chi connectivity index (χ1n) is 6.21. The van der Waals surface area contributed by atoms with E-state index in [9.17, 15) is 4.79 Å². The van der Waals surface area contributed by atoms with Gasteiger partial charge in [0.05, 0.1) is 6.04 Å². The Labute approximate surface area is 92.2 Å². The summed E-state index contributed by atoms with van der Waals surface area (Å²) in [6.45, 7) is 3.18. The van der Waals surface area contributed by atoms with Crippen LogP contribution in [0.15, 0.2) is 0 Å². The molecule has 0 aromatic heterocycles. The molecular formula is C12H22N2O. The lowest BCUT2D eigenvalue weighted by atomic mass is 10.1. The molecule has 0 aromatic carbocycles. The fourth-order valence-corrected chi connectivity index (χ4v) is 2.86. The second-order valence-corrected chi connectivity index (χ2v) is 5.05. The van der Waals surface area contributed by atoms with Crippen LogP contribution < -0.4 is 5.32 Å². The Bertz CT molecular complexity index is 242. The van der Waals surface area contributed by atoms with Gasteiger partial charge in [0.1, 0.15) is 0 Å². The molecular weight excluding hydrogens is 188 g/mol. The monoisotopic (exact) mass is 210 g/mol. The maximum Gasteiger partial charge on any atom is 0.239 e. The van der Waals surface area contributed by atoms with Crippen LogP contribution in [0.25, 0.3) is 0 Å². The Hall–Kier alpha value is -0.570. The van der Waals surface area contributed by atoms with E-state index in [0.717, 1.165) is 18.9 Å². The second-order valence-electron chi connectivity index (χ2n) is 5.05. The summed E-state index contributed by atoms with van der Waals surface area (Å²) in [5, 5.41) is 3.53. The van der Waals surface area contributed by atoms with Gasteiger partial charge in [-0.1, -0.05) is 13.3 Å². The summed E-state index contributed by atoms with van der Waals surface area (Å²) in [7, 11) is 1.90. The van der Waals surface area contributed by atoms with Crippen LogP contribution in [0.2, 0.25) is 0 Å². The third-order valence-electron chi connectivity index (χ3n) is 3.98. The van der Waals surface area contributed by atoms with Gasteiger partial charge in [-0.3, -0.25) is 4.79 Å². The van der Waals surface area contributed by atoms with Gasteiger partial charge in [-0.25, -0.2) is 0 Å². The number of likely N-dealkylation sites (tertiary alicyclic amines) is 1. The van der Waals surface area contributed by atoms with Crippen molar-refractivity contribution in [3.63, 3.8) is 0 Å². The molecule has 86 valence electrons. The van der Waals surface area contributed by atoms with Crippen molar-refractivity contribution in [3.8, 4) is 0 Å². The molecule has 2 fully saturated rings. The molecule has 1 N–H and O–H groups in total. The maximum atomic E-state index is 11.7. The van der Waals surface area contributed by atoms with E-state index in [4.69, 9.17) is 0 Å². The minimum absolute atomic E-state index is 0.107. The van der Waals surface area contributed by atoms with E-state index in [0.29, 0.717) is 6.04 Å². The van der Waals surface area contributed by atoms with Gasteiger partial charge < -0.3 is 10.2 Å². The van der Waals surface area contributed by atoms with Crippen LogP contribution in [0.4, 0.5) is 0 Å². The molecule has 0 radical (unpaired) electrons. The van der Waals surface area contributed by atoms with Crippen LogP contribution in [0.1, 0.15) is 39.0 Å². The molecule has 3 atom stereocenters. The smallest absolute Gasteiger partial charge is 0.239 e. The summed E-state index contributed by atoms with van der Waals surface area (Å²) in [5.74, 6) is 1.17. The van der Waals surface area contributed by atoms with Gasteiger partial charge in [-0.05, 0) is 31.6 Å². The van der Waals surface area contributed by atoms with Crippen molar-refractivity contribution in [2.45, 2.75) is 51.1 Å². The van der Waals surface area contributed by atoms with Crippen LogP contribution in [0.5, 0.6) is 0 Å². The lowest BCUT2D eigenvalue weighted by Gasteiger charge is -2.17. The van der Waals surface area contributed by atoms with Crippen molar-refractivity contribution in [1.82, 2.24) is 10.2 Å². The molecule has 1 aliphatic carbocycles. The van der Waals surface area contributed by atoms with Crippen molar-refractivity contribution in [2.75, 3.05) is 13.6 Å². The zero-order valence-electron chi connectivity index (χ0n) is 9.83. The maximum absolute atomic E-state index is 11.7. The third kappa shape index (κ3) is 2.33. The number of carbonyl (C=O) groups excluding carboxylic acids is 1. The number of carbonyl (C=O) groups is 1. The third-order valence-corrected chi connectivity index (χ3v) is 3.98. The highest BCUT2D eigenvalue weighted by Crippen LogP contribution is 2.28. The molecule has 1 amide bonds. The van der Waals surface area contributed by atoms with Crippen molar-refractivity contribution >= 4 is 5.91 Å². The molecule has 2 aliphatic rings. The lowest BCUT2D eigenvalue weighted by molar-refractivity contribution is -0.128. The molecule has 1 saturated carbocycles. The normalized spacial score (nSPS) is 36.5. The fraction of sp³-hybridized carbons (Fsp3) is 0.917. The number of hydrogen-bond donors (Lipinski definition) is 1. The Morgan fingerprint density at radius 3 is 2.73 bits per heavy atom.